The van der Waals surface area contributed by atoms with Crippen LogP contribution in [0.2, 0.25) is 0 Å². The van der Waals surface area contributed by atoms with E-state index in [0.717, 1.165) is 41.0 Å². The quantitative estimate of drug-likeness (QED) is 0.329. The third-order valence-corrected chi connectivity index (χ3v) is 4.74. The normalized spacial score (nSPS) is 11.1. The maximum atomic E-state index is 11.8. The van der Waals surface area contributed by atoms with E-state index in [1.165, 1.54) is 0 Å². The predicted octanol–water partition coefficient (Wildman–Crippen LogP) is 4.26. The molecule has 1 amide bonds. The monoisotopic (exact) mass is 515 g/mol. The Labute approximate surface area is 188 Å². The Morgan fingerprint density at radius 2 is 1.96 bits per heavy atom. The van der Waals surface area contributed by atoms with Crippen LogP contribution in [0.25, 0.3) is 0 Å². The number of rotatable bonds is 7. The fourth-order valence-corrected chi connectivity index (χ4v) is 3.02. The zero-order chi connectivity index (χ0) is 19.8. The highest BCUT2D eigenvalue weighted by atomic mass is 127. The molecule has 0 saturated carbocycles. The van der Waals surface area contributed by atoms with Crippen molar-refractivity contribution in [2.45, 2.75) is 40.8 Å². The number of guanidine groups is 1. The van der Waals surface area contributed by atoms with Gasteiger partial charge in [-0.15, -0.1) is 35.3 Å². The van der Waals surface area contributed by atoms with Gasteiger partial charge in [0.1, 0.15) is 0 Å². The van der Waals surface area contributed by atoms with Crippen molar-refractivity contribution in [3.05, 3.63) is 45.9 Å². The summed E-state index contributed by atoms with van der Waals surface area (Å²) in [5, 5.41) is 9.38. The second kappa shape index (κ2) is 12.0. The van der Waals surface area contributed by atoms with Gasteiger partial charge in [0.15, 0.2) is 5.96 Å². The molecule has 28 heavy (non-hydrogen) atoms. The van der Waals surface area contributed by atoms with Crippen LogP contribution in [0, 0.1) is 12.8 Å². The molecule has 2 N–H and O–H groups in total. The van der Waals surface area contributed by atoms with Gasteiger partial charge in [-0.1, -0.05) is 26.0 Å². The van der Waals surface area contributed by atoms with Gasteiger partial charge in [0.05, 0.1) is 23.8 Å². The molecule has 0 aliphatic rings. The number of aromatic nitrogens is 1. The number of aryl methyl sites for hydroxylation is 1. The Balaban J connectivity index is 0.00000392. The van der Waals surface area contributed by atoms with Crippen LogP contribution in [0.1, 0.15) is 37.0 Å². The first kappa shape index (κ1) is 24.4. The number of carbonyl (C=O) groups excluding carboxylic acids is 1. The molecule has 0 spiro atoms. The largest absolute Gasteiger partial charge is 0.357 e. The van der Waals surface area contributed by atoms with Gasteiger partial charge in [0.2, 0.25) is 5.91 Å². The van der Waals surface area contributed by atoms with E-state index < -0.39 is 0 Å². The molecule has 1 aromatic carbocycles. The van der Waals surface area contributed by atoms with E-state index in [4.69, 9.17) is 4.99 Å². The molecular weight excluding hydrogens is 485 g/mol. The van der Waals surface area contributed by atoms with Crippen molar-refractivity contribution in [2.75, 3.05) is 18.9 Å². The van der Waals surface area contributed by atoms with Gasteiger partial charge < -0.3 is 15.5 Å². The van der Waals surface area contributed by atoms with Crippen molar-refractivity contribution >= 4 is 52.9 Å². The van der Waals surface area contributed by atoms with E-state index in [9.17, 15) is 4.79 Å². The molecule has 2 aromatic rings. The summed E-state index contributed by atoms with van der Waals surface area (Å²) < 4.78 is 0. The van der Waals surface area contributed by atoms with Crippen molar-refractivity contribution < 1.29 is 4.79 Å². The molecule has 2 rings (SSSR count). The van der Waals surface area contributed by atoms with E-state index in [2.05, 4.69) is 32.8 Å². The Bertz CT molecular complexity index is 773. The minimum atomic E-state index is -0.0333. The Morgan fingerprint density at radius 3 is 2.50 bits per heavy atom. The van der Waals surface area contributed by atoms with Crippen LogP contribution >= 0.6 is 35.3 Å². The Morgan fingerprint density at radius 1 is 1.29 bits per heavy atom. The number of carbonyl (C=O) groups is 1. The van der Waals surface area contributed by atoms with Crippen LogP contribution in [0.5, 0.6) is 0 Å². The first-order valence-electron chi connectivity index (χ1n) is 9.19. The predicted molar refractivity (Wildman–Crippen MR) is 128 cm³/mol. The van der Waals surface area contributed by atoms with Crippen LogP contribution in [-0.4, -0.2) is 35.3 Å². The number of nitrogens with zero attached hydrogens (tertiary/aromatic N) is 3. The van der Waals surface area contributed by atoms with Crippen molar-refractivity contribution in [1.82, 2.24) is 15.2 Å². The number of anilines is 1. The fraction of sp³-hybridized carbons (Fsp3) is 0.450. The third kappa shape index (κ3) is 7.75. The average Bonchev–Trinajstić information content (AvgIpc) is 3.04. The number of thiazole rings is 1. The number of hydrogen-bond donors (Lipinski definition) is 2. The number of hydrogen-bond acceptors (Lipinski definition) is 4. The molecule has 0 saturated heterocycles. The van der Waals surface area contributed by atoms with Crippen molar-refractivity contribution in [3.8, 4) is 0 Å². The molecule has 0 radical (unpaired) electrons. The maximum absolute atomic E-state index is 11.8. The van der Waals surface area contributed by atoms with Crippen LogP contribution < -0.4 is 10.6 Å². The molecule has 0 unspecified atom stereocenters. The molecule has 6 nitrogen and oxygen atoms in total. The van der Waals surface area contributed by atoms with Gasteiger partial charge in [-0.25, -0.2) is 9.98 Å². The second-order valence-corrected chi connectivity index (χ2v) is 7.79. The van der Waals surface area contributed by atoms with Crippen LogP contribution in [0.15, 0.2) is 34.6 Å². The summed E-state index contributed by atoms with van der Waals surface area (Å²) in [6.45, 7) is 9.93. The molecule has 0 atom stereocenters. The highest BCUT2D eigenvalue weighted by Crippen LogP contribution is 2.13. The first-order chi connectivity index (χ1) is 12.9. The minimum Gasteiger partial charge on any atom is -0.357 e. The van der Waals surface area contributed by atoms with Crippen molar-refractivity contribution in [3.63, 3.8) is 0 Å². The number of benzene rings is 1. The lowest BCUT2D eigenvalue weighted by Gasteiger charge is -2.21. The summed E-state index contributed by atoms with van der Waals surface area (Å²) in [5.41, 5.74) is 2.95. The molecule has 1 aromatic heterocycles. The summed E-state index contributed by atoms with van der Waals surface area (Å²) >= 11 is 1.66. The highest BCUT2D eigenvalue weighted by Gasteiger charge is 2.09. The van der Waals surface area contributed by atoms with Crippen LogP contribution in [-0.2, 0) is 17.9 Å². The van der Waals surface area contributed by atoms with E-state index in [1.54, 1.807) is 11.3 Å². The number of nitrogens with one attached hydrogen (secondary N) is 2. The molecule has 154 valence electrons. The smallest absolute Gasteiger partial charge is 0.226 e. The molecule has 8 heteroatoms. The number of aliphatic imine (C=N–C) groups is 1. The van der Waals surface area contributed by atoms with Gasteiger partial charge in [-0.2, -0.15) is 0 Å². The molecular formula is C20H30IN5OS. The van der Waals surface area contributed by atoms with Gasteiger partial charge >= 0.3 is 0 Å². The lowest BCUT2D eigenvalue weighted by molar-refractivity contribution is -0.118. The summed E-state index contributed by atoms with van der Waals surface area (Å²) in [6.07, 6.45) is 0. The summed E-state index contributed by atoms with van der Waals surface area (Å²) in [6, 6.07) is 7.82. The zero-order valence-electron chi connectivity index (χ0n) is 17.2. The minimum absolute atomic E-state index is 0. The van der Waals surface area contributed by atoms with Gasteiger partial charge in [-0.3, -0.25) is 4.79 Å². The SMILES string of the molecule is CCNC(=NCc1ccc(NC(=O)C(C)C)cc1)N(C)Cc1csc(C)n1.I. The average molecular weight is 515 g/mol. The Hall–Kier alpha value is -1.68. The van der Waals surface area contributed by atoms with E-state index in [1.807, 2.05) is 52.1 Å². The second-order valence-electron chi connectivity index (χ2n) is 6.72. The maximum Gasteiger partial charge on any atom is 0.226 e. The number of amides is 1. The third-order valence-electron chi connectivity index (χ3n) is 3.92. The van der Waals surface area contributed by atoms with Gasteiger partial charge in [0.25, 0.3) is 0 Å². The lowest BCUT2D eigenvalue weighted by atomic mass is 10.2. The lowest BCUT2D eigenvalue weighted by Crippen LogP contribution is -2.38. The molecule has 0 fully saturated rings. The fourth-order valence-electron chi connectivity index (χ4n) is 2.41. The van der Waals surface area contributed by atoms with E-state index in [-0.39, 0.29) is 35.8 Å². The first-order valence-corrected chi connectivity index (χ1v) is 10.1. The Kier molecular flexibility index (Phi) is 10.4. The molecule has 0 aliphatic carbocycles. The van der Waals surface area contributed by atoms with Gasteiger partial charge in [0, 0.05) is 30.6 Å². The van der Waals surface area contributed by atoms with Gasteiger partial charge in [-0.05, 0) is 31.5 Å². The van der Waals surface area contributed by atoms with Crippen LogP contribution in [0.4, 0.5) is 5.69 Å². The topological polar surface area (TPSA) is 69.6 Å². The molecule has 0 bridgehead atoms. The zero-order valence-corrected chi connectivity index (χ0v) is 20.3. The molecule has 1 heterocycles. The standard InChI is InChI=1S/C20H29N5OS.HI/c1-6-21-20(25(5)12-18-13-27-15(4)23-18)22-11-16-7-9-17(10-8-16)24-19(26)14(2)3;/h7-10,13-14H,6,11-12H2,1-5H3,(H,21,22)(H,24,26);1H. The van der Waals surface area contributed by atoms with Crippen LogP contribution in [0.3, 0.4) is 0 Å². The summed E-state index contributed by atoms with van der Waals surface area (Å²) in [4.78, 5) is 23.1. The number of halogens is 1. The van der Waals surface area contributed by atoms with Crippen molar-refractivity contribution in [1.29, 1.82) is 0 Å². The van der Waals surface area contributed by atoms with E-state index >= 15 is 0 Å². The summed E-state index contributed by atoms with van der Waals surface area (Å²) in [7, 11) is 2.01. The van der Waals surface area contributed by atoms with E-state index in [0.29, 0.717) is 6.54 Å². The highest BCUT2D eigenvalue weighted by molar-refractivity contribution is 14.0. The van der Waals surface area contributed by atoms with Crippen molar-refractivity contribution in [2.24, 2.45) is 10.9 Å². The molecule has 0 aliphatic heterocycles. The summed E-state index contributed by atoms with van der Waals surface area (Å²) in [5.74, 6) is 0.837.